The molecule has 2 bridgehead atoms. The molecular formula is C34H34BrN3O5. The van der Waals surface area contributed by atoms with Crippen LogP contribution in [-0.4, -0.2) is 76.5 Å². The summed E-state index contributed by atoms with van der Waals surface area (Å²) in [5.74, 6) is -2.64. The fraction of sp³-hybridized carbons (Fsp3) is 0.324. The van der Waals surface area contributed by atoms with Crippen molar-refractivity contribution in [1.82, 2.24) is 4.90 Å². The Hall–Kier alpha value is -3.79. The SMILES string of the molecule is C=CCN(C(=O)C1N(CCO)C(=O)[C@@H]2[C@@H](C(=O)N(CC=C)c3ccccc3)[C@@H]3OC12CC3Br)c1ccc2ccccc2c1. The van der Waals surface area contributed by atoms with Crippen LogP contribution < -0.4 is 9.80 Å². The van der Waals surface area contributed by atoms with Crippen molar-refractivity contribution in [2.45, 2.75) is 29.0 Å². The number of benzene rings is 3. The number of ether oxygens (including phenoxy) is 1. The Balaban J connectivity index is 1.42. The van der Waals surface area contributed by atoms with E-state index < -0.39 is 29.6 Å². The van der Waals surface area contributed by atoms with Gasteiger partial charge >= 0.3 is 0 Å². The van der Waals surface area contributed by atoms with E-state index in [2.05, 4.69) is 29.1 Å². The van der Waals surface area contributed by atoms with Crippen LogP contribution >= 0.6 is 15.9 Å². The second kappa shape index (κ2) is 11.7. The molecule has 3 aliphatic rings. The van der Waals surface area contributed by atoms with Crippen molar-refractivity contribution in [3.63, 3.8) is 0 Å². The summed E-state index contributed by atoms with van der Waals surface area (Å²) in [6.07, 6.45) is 3.08. The number of para-hydroxylation sites is 1. The fourth-order valence-electron chi connectivity index (χ4n) is 7.22. The molecule has 3 aromatic rings. The monoisotopic (exact) mass is 643 g/mol. The number of likely N-dealkylation sites (tertiary alicyclic amines) is 1. The van der Waals surface area contributed by atoms with Gasteiger partial charge in [0.15, 0.2) is 0 Å². The molecule has 3 aromatic carbocycles. The largest absolute Gasteiger partial charge is 0.395 e. The number of aliphatic hydroxyl groups is 1. The first-order valence-electron chi connectivity index (χ1n) is 14.5. The first-order chi connectivity index (χ1) is 20.9. The summed E-state index contributed by atoms with van der Waals surface area (Å²) in [7, 11) is 0. The van der Waals surface area contributed by atoms with Crippen LogP contribution in [0, 0.1) is 11.8 Å². The second-order valence-corrected chi connectivity index (χ2v) is 12.4. The van der Waals surface area contributed by atoms with Crippen LogP contribution in [0.3, 0.4) is 0 Å². The van der Waals surface area contributed by atoms with Crippen LogP contribution in [0.5, 0.6) is 0 Å². The van der Waals surface area contributed by atoms with Crippen molar-refractivity contribution in [3.05, 3.63) is 98.1 Å². The highest BCUT2D eigenvalue weighted by atomic mass is 79.9. The van der Waals surface area contributed by atoms with E-state index in [1.165, 1.54) is 4.90 Å². The van der Waals surface area contributed by atoms with E-state index in [-0.39, 0.29) is 48.8 Å². The zero-order valence-electron chi connectivity index (χ0n) is 23.7. The molecule has 3 amide bonds. The molecule has 8 nitrogen and oxygen atoms in total. The Morgan fingerprint density at radius 3 is 2.28 bits per heavy atom. The molecule has 0 radical (unpaired) electrons. The molecule has 3 saturated heterocycles. The molecule has 1 spiro atoms. The molecule has 222 valence electrons. The molecule has 9 heteroatoms. The summed E-state index contributed by atoms with van der Waals surface area (Å²) < 4.78 is 6.67. The summed E-state index contributed by atoms with van der Waals surface area (Å²) in [6.45, 7) is 7.80. The molecular weight excluding hydrogens is 610 g/mol. The number of halogens is 1. The number of β-amino-alcohol motifs (C(OH)–C–C–N with tert-alkyl or cyclic N) is 1. The van der Waals surface area contributed by atoms with E-state index in [0.717, 1.165) is 10.8 Å². The lowest BCUT2D eigenvalue weighted by molar-refractivity contribution is -0.141. The van der Waals surface area contributed by atoms with Gasteiger partial charge in [-0.05, 0) is 41.5 Å². The van der Waals surface area contributed by atoms with Gasteiger partial charge in [-0.2, -0.15) is 0 Å². The van der Waals surface area contributed by atoms with Gasteiger partial charge in [-0.15, -0.1) is 13.2 Å². The number of nitrogens with zero attached hydrogens (tertiary/aromatic N) is 3. The molecule has 6 rings (SSSR count). The van der Waals surface area contributed by atoms with Crippen molar-refractivity contribution in [3.8, 4) is 0 Å². The first-order valence-corrected chi connectivity index (χ1v) is 15.4. The molecule has 6 atom stereocenters. The van der Waals surface area contributed by atoms with Gasteiger partial charge in [0.05, 0.1) is 24.5 Å². The number of carbonyl (C=O) groups excluding carboxylic acids is 3. The number of carbonyl (C=O) groups is 3. The van der Waals surface area contributed by atoms with Gasteiger partial charge in [0.2, 0.25) is 11.8 Å². The van der Waals surface area contributed by atoms with Crippen molar-refractivity contribution in [2.75, 3.05) is 36.0 Å². The summed E-state index contributed by atoms with van der Waals surface area (Å²) in [6, 6.07) is 21.9. The number of anilines is 2. The Labute approximate surface area is 259 Å². The standard InChI is InChI=1S/C34H34BrN3O5/c1-3-16-36(24-12-6-5-7-13-24)31(40)27-28-32(41)38(18-19-39)30(34(28)21-26(35)29(27)43-34)33(42)37(17-4-2)25-15-14-22-10-8-9-11-23(22)20-25/h3-15,20,26-30,39H,1-2,16-19,21H2/t26?,27-,28+,29-,30?,34?/m1/s1. The number of amides is 3. The topological polar surface area (TPSA) is 90.4 Å². The minimum absolute atomic E-state index is 0.0515. The van der Waals surface area contributed by atoms with Gasteiger partial charge < -0.3 is 24.5 Å². The van der Waals surface area contributed by atoms with Gasteiger partial charge in [0, 0.05) is 35.8 Å². The Morgan fingerprint density at radius 1 is 0.953 bits per heavy atom. The molecule has 3 fully saturated rings. The maximum atomic E-state index is 14.7. The van der Waals surface area contributed by atoms with Crippen LogP contribution in [-0.2, 0) is 19.1 Å². The zero-order valence-corrected chi connectivity index (χ0v) is 25.3. The average Bonchev–Trinajstić information content (AvgIpc) is 3.61. The zero-order chi connectivity index (χ0) is 30.3. The molecule has 43 heavy (non-hydrogen) atoms. The van der Waals surface area contributed by atoms with Crippen LogP contribution in [0.25, 0.3) is 10.8 Å². The lowest BCUT2D eigenvalue weighted by atomic mass is 9.70. The molecule has 1 N–H and O–H groups in total. The van der Waals surface area contributed by atoms with Crippen molar-refractivity contribution < 1.29 is 24.2 Å². The highest BCUT2D eigenvalue weighted by Gasteiger charge is 2.77. The molecule has 0 aliphatic carbocycles. The van der Waals surface area contributed by atoms with E-state index in [1.807, 2.05) is 72.8 Å². The van der Waals surface area contributed by atoms with Gasteiger partial charge in [0.25, 0.3) is 5.91 Å². The number of hydrogen-bond donors (Lipinski definition) is 1. The Kier molecular flexibility index (Phi) is 7.98. The highest BCUT2D eigenvalue weighted by molar-refractivity contribution is 9.09. The molecule has 3 unspecified atom stereocenters. The quantitative estimate of drug-likeness (QED) is 0.263. The maximum absolute atomic E-state index is 14.7. The normalized spacial score (nSPS) is 27.3. The van der Waals surface area contributed by atoms with Crippen LogP contribution in [0.2, 0.25) is 0 Å². The minimum atomic E-state index is -1.24. The van der Waals surface area contributed by atoms with E-state index in [9.17, 15) is 19.5 Å². The highest BCUT2D eigenvalue weighted by Crippen LogP contribution is 2.60. The summed E-state index contributed by atoms with van der Waals surface area (Å²) in [4.78, 5) is 47.6. The third-order valence-electron chi connectivity index (χ3n) is 8.92. The number of alkyl halides is 1. The van der Waals surface area contributed by atoms with E-state index in [0.29, 0.717) is 17.8 Å². The van der Waals surface area contributed by atoms with Crippen molar-refractivity contribution in [1.29, 1.82) is 0 Å². The average molecular weight is 645 g/mol. The summed E-state index contributed by atoms with van der Waals surface area (Å²) >= 11 is 3.74. The van der Waals surface area contributed by atoms with E-state index in [4.69, 9.17) is 4.74 Å². The number of rotatable bonds is 10. The predicted molar refractivity (Wildman–Crippen MR) is 170 cm³/mol. The minimum Gasteiger partial charge on any atom is -0.395 e. The predicted octanol–water partition coefficient (Wildman–Crippen LogP) is 4.32. The lowest BCUT2D eigenvalue weighted by Gasteiger charge is -2.37. The summed E-state index contributed by atoms with van der Waals surface area (Å²) in [5.41, 5.74) is 0.112. The van der Waals surface area contributed by atoms with Gasteiger partial charge in [-0.3, -0.25) is 14.4 Å². The lowest BCUT2D eigenvalue weighted by Crippen LogP contribution is -2.57. The fourth-order valence-corrected chi connectivity index (χ4v) is 8.17. The maximum Gasteiger partial charge on any atom is 0.253 e. The van der Waals surface area contributed by atoms with Crippen LogP contribution in [0.4, 0.5) is 11.4 Å². The van der Waals surface area contributed by atoms with Crippen LogP contribution in [0.15, 0.2) is 98.1 Å². The van der Waals surface area contributed by atoms with Crippen molar-refractivity contribution in [2.24, 2.45) is 11.8 Å². The Morgan fingerprint density at radius 2 is 1.60 bits per heavy atom. The van der Waals surface area contributed by atoms with Gasteiger partial charge in [-0.1, -0.05) is 76.6 Å². The Bertz CT molecular complexity index is 1580. The molecule has 0 aromatic heterocycles. The number of fused-ring (bicyclic) bond motifs is 2. The van der Waals surface area contributed by atoms with E-state index in [1.54, 1.807) is 22.0 Å². The third kappa shape index (κ3) is 4.70. The van der Waals surface area contributed by atoms with Crippen molar-refractivity contribution >= 4 is 55.8 Å². The number of aliphatic hydroxyl groups excluding tert-OH is 1. The molecule has 3 aliphatic heterocycles. The number of hydrogen-bond acceptors (Lipinski definition) is 5. The second-order valence-electron chi connectivity index (χ2n) is 11.3. The van der Waals surface area contributed by atoms with E-state index >= 15 is 0 Å². The van der Waals surface area contributed by atoms with Gasteiger partial charge in [-0.25, -0.2) is 0 Å². The summed E-state index contributed by atoms with van der Waals surface area (Å²) in [5, 5.41) is 12.0. The smallest absolute Gasteiger partial charge is 0.253 e. The third-order valence-corrected chi connectivity index (χ3v) is 9.76. The molecule has 3 heterocycles. The van der Waals surface area contributed by atoms with Gasteiger partial charge in [0.1, 0.15) is 11.6 Å². The first kappa shape index (κ1) is 29.3. The molecule has 0 saturated carbocycles. The van der Waals surface area contributed by atoms with Crippen LogP contribution in [0.1, 0.15) is 6.42 Å².